The molecule has 0 saturated carbocycles. The molecule has 0 amide bonds. The van der Waals surface area contributed by atoms with Crippen LogP contribution in [0.3, 0.4) is 0 Å². The van der Waals surface area contributed by atoms with E-state index in [2.05, 4.69) is 4.98 Å². The fourth-order valence-corrected chi connectivity index (χ4v) is 2.23. The molecule has 0 aliphatic heterocycles. The highest BCUT2D eigenvalue weighted by Crippen LogP contribution is 2.30. The number of methoxy groups -OCH3 is 1. The molecule has 0 spiro atoms. The third-order valence-electron chi connectivity index (χ3n) is 3.44. The molecule has 0 atom stereocenters. The van der Waals surface area contributed by atoms with Gasteiger partial charge < -0.3 is 14.0 Å². The summed E-state index contributed by atoms with van der Waals surface area (Å²) in [6.07, 6.45) is 1.49. The number of aromatic nitrogens is 2. The topological polar surface area (TPSA) is 53.4 Å². The van der Waals surface area contributed by atoms with Crippen molar-refractivity contribution in [2.24, 2.45) is 7.05 Å². The lowest BCUT2D eigenvalue weighted by Gasteiger charge is -2.12. The molecular formula is C17H16N2O3. The highest BCUT2D eigenvalue weighted by atomic mass is 16.5. The minimum atomic E-state index is -0.114. The molecule has 3 rings (SSSR count). The van der Waals surface area contributed by atoms with Crippen LogP contribution in [0.15, 0.2) is 53.6 Å². The lowest BCUT2D eigenvalue weighted by atomic mass is 10.2. The summed E-state index contributed by atoms with van der Waals surface area (Å²) < 4.78 is 12.6. The molecule has 0 N–H and O–H groups in total. The molecule has 112 valence electrons. The zero-order valence-electron chi connectivity index (χ0n) is 12.4. The van der Waals surface area contributed by atoms with Gasteiger partial charge in [0.1, 0.15) is 6.61 Å². The van der Waals surface area contributed by atoms with Gasteiger partial charge in [0, 0.05) is 13.1 Å². The number of nitrogens with zero attached hydrogens (tertiary/aromatic N) is 2. The standard InChI is InChI=1S/C17H16N2O3/c1-19-11-18-14-9-15(21-2)16(8-13(14)17(19)20)22-10-12-6-4-3-5-7-12/h3-9,11H,10H2,1-2H3. The molecule has 5 heteroatoms. The van der Waals surface area contributed by atoms with Crippen molar-refractivity contribution in [3.05, 3.63) is 64.7 Å². The van der Waals surface area contributed by atoms with Crippen molar-refractivity contribution in [1.82, 2.24) is 9.55 Å². The smallest absolute Gasteiger partial charge is 0.261 e. The third kappa shape index (κ3) is 2.65. The minimum Gasteiger partial charge on any atom is -0.493 e. The zero-order chi connectivity index (χ0) is 15.5. The lowest BCUT2D eigenvalue weighted by Crippen LogP contribution is -2.17. The Hall–Kier alpha value is -2.82. The number of aryl methyl sites for hydroxylation is 1. The van der Waals surface area contributed by atoms with Crippen LogP contribution in [0.25, 0.3) is 10.9 Å². The Bertz CT molecular complexity index is 857. The van der Waals surface area contributed by atoms with Gasteiger partial charge in [-0.1, -0.05) is 30.3 Å². The molecule has 3 aromatic rings. The fraction of sp³-hybridized carbons (Fsp3) is 0.176. The van der Waals surface area contributed by atoms with Gasteiger partial charge in [-0.2, -0.15) is 0 Å². The second-order valence-corrected chi connectivity index (χ2v) is 4.96. The van der Waals surface area contributed by atoms with Crippen LogP contribution in [0.5, 0.6) is 11.5 Å². The third-order valence-corrected chi connectivity index (χ3v) is 3.44. The SMILES string of the molecule is COc1cc2ncn(C)c(=O)c2cc1OCc1ccccc1. The first-order chi connectivity index (χ1) is 10.7. The van der Waals surface area contributed by atoms with E-state index < -0.39 is 0 Å². The van der Waals surface area contributed by atoms with E-state index in [-0.39, 0.29) is 5.56 Å². The normalized spacial score (nSPS) is 10.6. The van der Waals surface area contributed by atoms with Crippen molar-refractivity contribution in [2.75, 3.05) is 7.11 Å². The molecule has 0 bridgehead atoms. The maximum absolute atomic E-state index is 12.2. The predicted octanol–water partition coefficient (Wildman–Crippen LogP) is 2.52. The van der Waals surface area contributed by atoms with E-state index in [0.717, 1.165) is 5.56 Å². The summed E-state index contributed by atoms with van der Waals surface area (Å²) in [5, 5.41) is 0.508. The van der Waals surface area contributed by atoms with Crippen LogP contribution >= 0.6 is 0 Å². The second kappa shape index (κ2) is 5.89. The van der Waals surface area contributed by atoms with Crippen molar-refractivity contribution in [1.29, 1.82) is 0 Å². The van der Waals surface area contributed by atoms with Crippen LogP contribution in [0, 0.1) is 0 Å². The van der Waals surface area contributed by atoms with Crippen molar-refractivity contribution < 1.29 is 9.47 Å². The molecule has 2 aromatic carbocycles. The van der Waals surface area contributed by atoms with Crippen molar-refractivity contribution >= 4 is 10.9 Å². The number of hydrogen-bond donors (Lipinski definition) is 0. The van der Waals surface area contributed by atoms with Gasteiger partial charge >= 0.3 is 0 Å². The Morgan fingerprint density at radius 3 is 2.64 bits per heavy atom. The summed E-state index contributed by atoms with van der Waals surface area (Å²) in [6, 6.07) is 13.2. The minimum absolute atomic E-state index is 0.114. The van der Waals surface area contributed by atoms with Crippen LogP contribution in [-0.2, 0) is 13.7 Å². The molecule has 0 aliphatic carbocycles. The highest BCUT2D eigenvalue weighted by molar-refractivity contribution is 5.81. The largest absolute Gasteiger partial charge is 0.493 e. The molecular weight excluding hydrogens is 280 g/mol. The van der Waals surface area contributed by atoms with Crippen LogP contribution in [0.2, 0.25) is 0 Å². The maximum atomic E-state index is 12.2. The Labute approximate surface area is 127 Å². The molecule has 0 saturated heterocycles. The summed E-state index contributed by atoms with van der Waals surface area (Å²) in [4.78, 5) is 16.4. The summed E-state index contributed by atoms with van der Waals surface area (Å²) in [7, 11) is 3.24. The molecule has 1 aromatic heterocycles. The summed E-state index contributed by atoms with van der Waals surface area (Å²) in [5.74, 6) is 1.09. The van der Waals surface area contributed by atoms with Gasteiger partial charge in [-0.3, -0.25) is 4.79 Å². The van der Waals surface area contributed by atoms with Crippen LogP contribution < -0.4 is 15.0 Å². The average molecular weight is 296 g/mol. The van der Waals surface area contributed by atoms with E-state index in [1.165, 1.54) is 10.9 Å². The van der Waals surface area contributed by atoms with Gasteiger partial charge in [-0.15, -0.1) is 0 Å². The Morgan fingerprint density at radius 1 is 1.14 bits per heavy atom. The quantitative estimate of drug-likeness (QED) is 0.742. The lowest BCUT2D eigenvalue weighted by molar-refractivity contribution is 0.285. The molecule has 5 nitrogen and oxygen atoms in total. The zero-order valence-corrected chi connectivity index (χ0v) is 12.4. The van der Waals surface area contributed by atoms with Gasteiger partial charge in [0.2, 0.25) is 0 Å². The van der Waals surface area contributed by atoms with Gasteiger partial charge in [-0.25, -0.2) is 4.98 Å². The van der Waals surface area contributed by atoms with Crippen LogP contribution in [-0.4, -0.2) is 16.7 Å². The number of benzene rings is 2. The van der Waals surface area contributed by atoms with Crippen LogP contribution in [0.4, 0.5) is 0 Å². The fourth-order valence-electron chi connectivity index (χ4n) is 2.23. The Morgan fingerprint density at radius 2 is 1.91 bits per heavy atom. The predicted molar refractivity (Wildman–Crippen MR) is 84.3 cm³/mol. The molecule has 0 unspecified atom stereocenters. The van der Waals surface area contributed by atoms with E-state index in [0.29, 0.717) is 29.0 Å². The highest BCUT2D eigenvalue weighted by Gasteiger charge is 2.11. The second-order valence-electron chi connectivity index (χ2n) is 4.96. The monoisotopic (exact) mass is 296 g/mol. The van der Waals surface area contributed by atoms with Crippen molar-refractivity contribution in [3.8, 4) is 11.5 Å². The summed E-state index contributed by atoms with van der Waals surface area (Å²) in [5.41, 5.74) is 1.52. The first-order valence-electron chi connectivity index (χ1n) is 6.89. The molecule has 22 heavy (non-hydrogen) atoms. The van der Waals surface area contributed by atoms with E-state index in [1.54, 1.807) is 26.3 Å². The molecule has 0 radical (unpaired) electrons. The first kappa shape index (κ1) is 14.1. The van der Waals surface area contributed by atoms with Gasteiger partial charge in [0.15, 0.2) is 11.5 Å². The maximum Gasteiger partial charge on any atom is 0.261 e. The van der Waals surface area contributed by atoms with Crippen molar-refractivity contribution in [3.63, 3.8) is 0 Å². The molecule has 0 fully saturated rings. The Kier molecular flexibility index (Phi) is 3.78. The first-order valence-corrected chi connectivity index (χ1v) is 6.89. The van der Waals surface area contributed by atoms with E-state index in [4.69, 9.17) is 9.47 Å². The average Bonchev–Trinajstić information content (AvgIpc) is 2.57. The van der Waals surface area contributed by atoms with Crippen LogP contribution in [0.1, 0.15) is 5.56 Å². The van der Waals surface area contributed by atoms with Crippen molar-refractivity contribution in [2.45, 2.75) is 6.61 Å². The van der Waals surface area contributed by atoms with E-state index in [9.17, 15) is 4.79 Å². The Balaban J connectivity index is 2.00. The van der Waals surface area contributed by atoms with E-state index in [1.807, 2.05) is 30.3 Å². The summed E-state index contributed by atoms with van der Waals surface area (Å²) in [6.45, 7) is 0.406. The number of fused-ring (bicyclic) bond motifs is 1. The number of hydrogen-bond acceptors (Lipinski definition) is 4. The van der Waals surface area contributed by atoms with Gasteiger partial charge in [-0.05, 0) is 11.6 Å². The summed E-state index contributed by atoms with van der Waals surface area (Å²) >= 11 is 0. The number of rotatable bonds is 4. The molecule has 0 aliphatic rings. The number of ether oxygens (including phenoxy) is 2. The molecule has 1 heterocycles. The van der Waals surface area contributed by atoms with E-state index >= 15 is 0 Å². The van der Waals surface area contributed by atoms with Gasteiger partial charge in [0.05, 0.1) is 24.3 Å². The van der Waals surface area contributed by atoms with Gasteiger partial charge in [0.25, 0.3) is 5.56 Å².